The van der Waals surface area contributed by atoms with Gasteiger partial charge in [0.25, 0.3) is 0 Å². The lowest BCUT2D eigenvalue weighted by Gasteiger charge is -2.35. The molecule has 3 heteroatoms. The van der Waals surface area contributed by atoms with Crippen molar-refractivity contribution in [2.24, 2.45) is 5.41 Å². The Bertz CT molecular complexity index is 388. The molecule has 0 aliphatic heterocycles. The van der Waals surface area contributed by atoms with Crippen LogP contribution in [0.1, 0.15) is 45.1 Å². The Morgan fingerprint density at radius 1 is 1.35 bits per heavy atom. The van der Waals surface area contributed by atoms with E-state index in [1.807, 2.05) is 19.2 Å². The van der Waals surface area contributed by atoms with Gasteiger partial charge in [-0.05, 0) is 49.7 Å². The van der Waals surface area contributed by atoms with Crippen molar-refractivity contribution in [3.63, 3.8) is 0 Å². The molecule has 0 saturated heterocycles. The molecule has 1 aliphatic rings. The number of nitrogens with two attached hydrogens (primary N) is 1. The van der Waals surface area contributed by atoms with Crippen LogP contribution in [0.4, 0.5) is 11.5 Å². The van der Waals surface area contributed by atoms with Gasteiger partial charge in [0, 0.05) is 12.2 Å². The third kappa shape index (κ3) is 2.90. The fourth-order valence-corrected chi connectivity index (χ4v) is 2.42. The molecule has 0 amide bonds. The van der Waals surface area contributed by atoms with Gasteiger partial charge in [0.2, 0.25) is 0 Å². The molecule has 3 N–H and O–H groups in total. The van der Waals surface area contributed by atoms with Gasteiger partial charge in [-0.2, -0.15) is 0 Å². The second-order valence-corrected chi connectivity index (χ2v) is 5.97. The zero-order valence-corrected chi connectivity index (χ0v) is 11.1. The van der Waals surface area contributed by atoms with E-state index in [1.54, 1.807) is 0 Å². The smallest absolute Gasteiger partial charge is 0.149 e. The topological polar surface area (TPSA) is 50.9 Å². The van der Waals surface area contributed by atoms with Crippen molar-refractivity contribution in [1.29, 1.82) is 0 Å². The first-order valence-electron chi connectivity index (χ1n) is 6.45. The minimum Gasteiger partial charge on any atom is -0.396 e. The van der Waals surface area contributed by atoms with E-state index in [-0.39, 0.29) is 0 Å². The molecular weight excluding hydrogens is 210 g/mol. The lowest BCUT2D eigenvalue weighted by atomic mass is 9.75. The molecule has 1 aromatic rings. The third-order valence-electron chi connectivity index (χ3n) is 3.89. The molecule has 3 nitrogen and oxygen atoms in total. The van der Waals surface area contributed by atoms with Gasteiger partial charge in [-0.15, -0.1) is 0 Å². The van der Waals surface area contributed by atoms with E-state index < -0.39 is 0 Å². The minimum atomic E-state index is 0.504. The van der Waals surface area contributed by atoms with E-state index in [2.05, 4.69) is 24.1 Å². The number of anilines is 2. The molecule has 1 heterocycles. The van der Waals surface area contributed by atoms with E-state index in [4.69, 9.17) is 5.73 Å². The largest absolute Gasteiger partial charge is 0.396 e. The Labute approximate surface area is 104 Å². The van der Waals surface area contributed by atoms with E-state index >= 15 is 0 Å². The summed E-state index contributed by atoms with van der Waals surface area (Å²) >= 11 is 0. The molecule has 0 unspecified atom stereocenters. The highest BCUT2D eigenvalue weighted by atomic mass is 15.0. The number of hydrogen-bond acceptors (Lipinski definition) is 3. The van der Waals surface area contributed by atoms with Crippen LogP contribution in [-0.2, 0) is 0 Å². The molecule has 94 valence electrons. The predicted molar refractivity (Wildman–Crippen MR) is 73.0 cm³/mol. The maximum Gasteiger partial charge on any atom is 0.149 e. The Morgan fingerprint density at radius 3 is 2.65 bits per heavy atom. The van der Waals surface area contributed by atoms with Gasteiger partial charge < -0.3 is 11.1 Å². The van der Waals surface area contributed by atoms with Gasteiger partial charge in [-0.3, -0.25) is 0 Å². The van der Waals surface area contributed by atoms with Gasteiger partial charge in [-0.25, -0.2) is 4.98 Å². The fourth-order valence-electron chi connectivity index (χ4n) is 2.42. The summed E-state index contributed by atoms with van der Waals surface area (Å²) in [4.78, 5) is 4.33. The summed E-state index contributed by atoms with van der Waals surface area (Å²) in [6.45, 7) is 6.72. The normalized spacial score (nSPS) is 20.2. The molecule has 0 atom stereocenters. The van der Waals surface area contributed by atoms with Crippen LogP contribution >= 0.6 is 0 Å². The molecule has 0 spiro atoms. The van der Waals surface area contributed by atoms with Gasteiger partial charge >= 0.3 is 0 Å². The van der Waals surface area contributed by atoms with Crippen LogP contribution in [0.3, 0.4) is 0 Å². The molecule has 1 aromatic heterocycles. The zero-order chi connectivity index (χ0) is 12.5. The third-order valence-corrected chi connectivity index (χ3v) is 3.89. The van der Waals surface area contributed by atoms with E-state index in [0.717, 1.165) is 17.1 Å². The average Bonchev–Trinajstić information content (AvgIpc) is 2.27. The van der Waals surface area contributed by atoms with Crippen LogP contribution in [0, 0.1) is 12.3 Å². The van der Waals surface area contributed by atoms with Crippen LogP contribution in [0.25, 0.3) is 0 Å². The highest BCUT2D eigenvalue weighted by molar-refractivity contribution is 5.65. The zero-order valence-electron chi connectivity index (χ0n) is 11.1. The SMILES string of the molecule is Cc1ccnc(NC2CCC(C)(C)CC2)c1N. The second kappa shape index (κ2) is 4.55. The van der Waals surface area contributed by atoms with Gasteiger partial charge in [0.1, 0.15) is 5.82 Å². The molecule has 1 fully saturated rings. The molecule has 17 heavy (non-hydrogen) atoms. The van der Waals surface area contributed by atoms with E-state index in [0.29, 0.717) is 11.5 Å². The highest BCUT2D eigenvalue weighted by Crippen LogP contribution is 2.36. The van der Waals surface area contributed by atoms with Crippen molar-refractivity contribution in [3.05, 3.63) is 17.8 Å². The Balaban J connectivity index is 2.00. The first kappa shape index (κ1) is 12.2. The number of nitrogens with one attached hydrogen (secondary N) is 1. The Kier molecular flexibility index (Phi) is 3.27. The van der Waals surface area contributed by atoms with Crippen molar-refractivity contribution < 1.29 is 0 Å². The molecule has 0 aromatic carbocycles. The summed E-state index contributed by atoms with van der Waals surface area (Å²) in [5, 5.41) is 3.49. The predicted octanol–water partition coefficient (Wildman–Crippen LogP) is 3.35. The first-order chi connectivity index (χ1) is 7.98. The molecule has 0 radical (unpaired) electrons. The maximum atomic E-state index is 6.03. The number of aryl methyl sites for hydroxylation is 1. The maximum absolute atomic E-state index is 6.03. The number of rotatable bonds is 2. The van der Waals surface area contributed by atoms with E-state index in [9.17, 15) is 0 Å². The lowest BCUT2D eigenvalue weighted by molar-refractivity contribution is 0.232. The summed E-state index contributed by atoms with van der Waals surface area (Å²) in [7, 11) is 0. The lowest BCUT2D eigenvalue weighted by Crippen LogP contribution is -2.30. The van der Waals surface area contributed by atoms with Crippen molar-refractivity contribution in [2.75, 3.05) is 11.1 Å². The summed E-state index contributed by atoms with van der Waals surface area (Å²) in [5.74, 6) is 0.856. The second-order valence-electron chi connectivity index (χ2n) is 5.97. The summed E-state index contributed by atoms with van der Waals surface area (Å²) in [5.41, 5.74) is 8.42. The monoisotopic (exact) mass is 233 g/mol. The summed E-state index contributed by atoms with van der Waals surface area (Å²) < 4.78 is 0. The number of hydrogen-bond donors (Lipinski definition) is 2. The van der Waals surface area contributed by atoms with Crippen LogP contribution in [0.2, 0.25) is 0 Å². The molecule has 2 rings (SSSR count). The number of nitrogens with zero attached hydrogens (tertiary/aromatic N) is 1. The van der Waals surface area contributed by atoms with Crippen molar-refractivity contribution in [2.45, 2.75) is 52.5 Å². The number of aromatic nitrogens is 1. The standard InChI is InChI=1S/C14H23N3/c1-10-6-9-16-13(12(10)15)17-11-4-7-14(2,3)8-5-11/h6,9,11H,4-5,7-8,15H2,1-3H3,(H,16,17). The Morgan fingerprint density at radius 2 is 2.00 bits per heavy atom. The molecule has 0 bridgehead atoms. The van der Waals surface area contributed by atoms with E-state index in [1.165, 1.54) is 25.7 Å². The number of nitrogen functional groups attached to an aromatic ring is 1. The summed E-state index contributed by atoms with van der Waals surface area (Å²) in [6, 6.07) is 2.48. The number of pyridine rings is 1. The molecule has 1 aliphatic carbocycles. The van der Waals surface area contributed by atoms with Crippen molar-refractivity contribution in [1.82, 2.24) is 4.98 Å². The van der Waals surface area contributed by atoms with Crippen LogP contribution in [-0.4, -0.2) is 11.0 Å². The Hall–Kier alpha value is -1.25. The van der Waals surface area contributed by atoms with Crippen LogP contribution < -0.4 is 11.1 Å². The molecule has 1 saturated carbocycles. The fraction of sp³-hybridized carbons (Fsp3) is 0.643. The molecular formula is C14H23N3. The van der Waals surface area contributed by atoms with Crippen molar-refractivity contribution >= 4 is 11.5 Å². The average molecular weight is 233 g/mol. The highest BCUT2D eigenvalue weighted by Gasteiger charge is 2.27. The van der Waals surface area contributed by atoms with Gasteiger partial charge in [0.15, 0.2) is 0 Å². The van der Waals surface area contributed by atoms with Crippen LogP contribution in [0.5, 0.6) is 0 Å². The summed E-state index contributed by atoms with van der Waals surface area (Å²) in [6.07, 6.45) is 6.79. The quantitative estimate of drug-likeness (QED) is 0.823. The van der Waals surface area contributed by atoms with Crippen molar-refractivity contribution in [3.8, 4) is 0 Å². The van der Waals surface area contributed by atoms with Gasteiger partial charge in [-0.1, -0.05) is 13.8 Å². The first-order valence-corrected chi connectivity index (χ1v) is 6.45. The minimum absolute atomic E-state index is 0.504. The van der Waals surface area contributed by atoms with Crippen LogP contribution in [0.15, 0.2) is 12.3 Å². The van der Waals surface area contributed by atoms with Gasteiger partial charge in [0.05, 0.1) is 5.69 Å².